The Morgan fingerprint density at radius 1 is 0.848 bits per heavy atom. The molecular weight excluding hydrogens is 460 g/mol. The average molecular weight is 481 g/mol. The first kappa shape index (κ1) is 21.6. The zero-order valence-corrected chi connectivity index (χ0v) is 19.2. The van der Waals surface area contributed by atoms with Gasteiger partial charge in [-0.1, -0.05) is 11.6 Å². The molecule has 1 saturated heterocycles. The predicted octanol–water partition coefficient (Wildman–Crippen LogP) is 3.93. The van der Waals surface area contributed by atoms with Crippen LogP contribution < -0.4 is 10.2 Å². The molecule has 2 aromatic carbocycles. The molecule has 0 amide bonds. The van der Waals surface area contributed by atoms with Crippen LogP contribution in [0.25, 0.3) is 10.9 Å². The Labute approximate surface area is 196 Å². The molecule has 0 bridgehead atoms. The van der Waals surface area contributed by atoms with Gasteiger partial charge in [-0.25, -0.2) is 18.4 Å². The summed E-state index contributed by atoms with van der Waals surface area (Å²) in [5.41, 5.74) is 2.43. The van der Waals surface area contributed by atoms with Crippen LogP contribution in [0.15, 0.2) is 78.1 Å². The maximum Gasteiger partial charge on any atom is 0.243 e. The molecule has 3 heterocycles. The zero-order valence-electron chi connectivity index (χ0n) is 17.6. The maximum atomic E-state index is 13.1. The minimum absolute atomic E-state index is 0.267. The van der Waals surface area contributed by atoms with E-state index in [1.54, 1.807) is 55.0 Å². The smallest absolute Gasteiger partial charge is 0.243 e. The number of hydrogen-bond donors (Lipinski definition) is 1. The number of piperazine rings is 1. The molecule has 1 N–H and O–H groups in total. The van der Waals surface area contributed by atoms with Crippen molar-refractivity contribution in [3.05, 3.63) is 78.2 Å². The van der Waals surface area contributed by atoms with E-state index in [2.05, 4.69) is 20.3 Å². The van der Waals surface area contributed by atoms with Crippen LogP contribution in [0.5, 0.6) is 0 Å². The molecule has 10 heteroatoms. The first-order chi connectivity index (χ1) is 16.0. The van der Waals surface area contributed by atoms with Crippen molar-refractivity contribution in [2.24, 2.45) is 0 Å². The minimum Gasteiger partial charge on any atom is -0.355 e. The van der Waals surface area contributed by atoms with E-state index in [1.807, 2.05) is 23.1 Å². The van der Waals surface area contributed by atoms with Crippen LogP contribution in [0.4, 0.5) is 17.3 Å². The monoisotopic (exact) mass is 480 g/mol. The van der Waals surface area contributed by atoms with Gasteiger partial charge in [-0.3, -0.25) is 4.98 Å². The summed E-state index contributed by atoms with van der Waals surface area (Å²) in [4.78, 5) is 15.1. The first-order valence-electron chi connectivity index (χ1n) is 10.4. The molecule has 0 radical (unpaired) electrons. The molecule has 0 saturated carbocycles. The number of sulfonamides is 1. The second kappa shape index (κ2) is 8.93. The van der Waals surface area contributed by atoms with Gasteiger partial charge in [0, 0.05) is 66.6 Å². The molecule has 1 fully saturated rings. The molecular formula is C23H21ClN6O2S. The molecule has 5 rings (SSSR count). The second-order valence-electron chi connectivity index (χ2n) is 7.61. The van der Waals surface area contributed by atoms with Gasteiger partial charge < -0.3 is 10.2 Å². The summed E-state index contributed by atoms with van der Waals surface area (Å²) in [5, 5.41) is 4.89. The number of fused-ring (bicyclic) bond motifs is 1. The van der Waals surface area contributed by atoms with Crippen LogP contribution >= 0.6 is 11.6 Å². The minimum atomic E-state index is -3.58. The Bertz CT molecular complexity index is 1380. The average Bonchev–Trinajstić information content (AvgIpc) is 2.85. The molecule has 168 valence electrons. The summed E-state index contributed by atoms with van der Waals surface area (Å²) in [6, 6.07) is 16.0. The van der Waals surface area contributed by atoms with E-state index in [9.17, 15) is 8.42 Å². The summed E-state index contributed by atoms with van der Waals surface area (Å²) >= 11 is 6.06. The van der Waals surface area contributed by atoms with Crippen LogP contribution in [0.3, 0.4) is 0 Å². The van der Waals surface area contributed by atoms with Crippen molar-refractivity contribution in [1.29, 1.82) is 0 Å². The van der Waals surface area contributed by atoms with Crippen molar-refractivity contribution in [1.82, 2.24) is 19.3 Å². The van der Waals surface area contributed by atoms with Crippen molar-refractivity contribution in [3.8, 4) is 0 Å². The van der Waals surface area contributed by atoms with Crippen molar-refractivity contribution in [3.63, 3.8) is 0 Å². The molecule has 2 aromatic heterocycles. The van der Waals surface area contributed by atoms with E-state index in [0.717, 1.165) is 22.3 Å². The highest BCUT2D eigenvalue weighted by Gasteiger charge is 2.29. The van der Waals surface area contributed by atoms with E-state index in [1.165, 1.54) is 4.31 Å². The third-order valence-corrected chi connectivity index (χ3v) is 7.70. The van der Waals surface area contributed by atoms with Crippen LogP contribution in [0.1, 0.15) is 0 Å². The number of benzene rings is 2. The van der Waals surface area contributed by atoms with Gasteiger partial charge in [-0.2, -0.15) is 4.31 Å². The number of halogens is 1. The zero-order chi connectivity index (χ0) is 22.8. The summed E-state index contributed by atoms with van der Waals surface area (Å²) in [6.45, 7) is 1.85. The lowest BCUT2D eigenvalue weighted by atomic mass is 10.2. The Hall–Kier alpha value is -3.27. The summed E-state index contributed by atoms with van der Waals surface area (Å²) in [6.07, 6.45) is 5.08. The van der Waals surface area contributed by atoms with Gasteiger partial charge in [0.05, 0.1) is 10.4 Å². The highest BCUT2D eigenvalue weighted by atomic mass is 35.5. The van der Waals surface area contributed by atoms with Gasteiger partial charge in [0.1, 0.15) is 0 Å². The quantitative estimate of drug-likeness (QED) is 0.462. The van der Waals surface area contributed by atoms with Crippen molar-refractivity contribution >= 4 is 49.9 Å². The Morgan fingerprint density at radius 3 is 2.30 bits per heavy atom. The lowest BCUT2D eigenvalue weighted by Gasteiger charge is -2.33. The molecule has 8 nitrogen and oxygen atoms in total. The molecule has 0 unspecified atom stereocenters. The fourth-order valence-corrected chi connectivity index (χ4v) is 5.42. The van der Waals surface area contributed by atoms with Crippen molar-refractivity contribution < 1.29 is 8.42 Å². The van der Waals surface area contributed by atoms with Gasteiger partial charge >= 0.3 is 0 Å². The molecule has 1 aliphatic heterocycles. The van der Waals surface area contributed by atoms with E-state index in [4.69, 9.17) is 11.6 Å². The first-order valence-corrected chi connectivity index (χ1v) is 12.3. The van der Waals surface area contributed by atoms with Gasteiger partial charge in [0.15, 0.2) is 0 Å². The Kier molecular flexibility index (Phi) is 5.84. The van der Waals surface area contributed by atoms with Crippen LogP contribution in [0, 0.1) is 0 Å². The molecule has 4 aromatic rings. The largest absolute Gasteiger partial charge is 0.355 e. The normalized spacial score (nSPS) is 15.0. The van der Waals surface area contributed by atoms with Gasteiger partial charge in [0.25, 0.3) is 0 Å². The second-order valence-corrected chi connectivity index (χ2v) is 9.98. The predicted molar refractivity (Wildman–Crippen MR) is 129 cm³/mol. The molecule has 0 atom stereocenters. The number of nitrogens with zero attached hydrogens (tertiary/aromatic N) is 5. The van der Waals surface area contributed by atoms with Gasteiger partial charge in [0.2, 0.25) is 16.0 Å². The number of hydrogen-bond acceptors (Lipinski definition) is 7. The topological polar surface area (TPSA) is 91.3 Å². The number of aromatic nitrogens is 3. The molecule has 1 aliphatic rings. The van der Waals surface area contributed by atoms with Crippen LogP contribution in [0.2, 0.25) is 5.02 Å². The lowest BCUT2D eigenvalue weighted by molar-refractivity contribution is 0.382. The molecule has 0 spiro atoms. The van der Waals surface area contributed by atoms with Gasteiger partial charge in [-0.15, -0.1) is 0 Å². The fraction of sp³-hybridized carbons (Fsp3) is 0.174. The number of pyridine rings is 1. The maximum absolute atomic E-state index is 13.1. The Morgan fingerprint density at radius 2 is 1.58 bits per heavy atom. The van der Waals surface area contributed by atoms with E-state index >= 15 is 0 Å². The van der Waals surface area contributed by atoms with E-state index < -0.39 is 10.0 Å². The van der Waals surface area contributed by atoms with Crippen LogP contribution in [-0.4, -0.2) is 53.9 Å². The fourth-order valence-electron chi connectivity index (χ4n) is 3.83. The number of anilines is 3. The van der Waals surface area contributed by atoms with E-state index in [0.29, 0.717) is 37.1 Å². The van der Waals surface area contributed by atoms with Crippen LogP contribution in [-0.2, 0) is 10.0 Å². The third kappa shape index (κ3) is 4.47. The highest BCUT2D eigenvalue weighted by Crippen LogP contribution is 2.28. The number of rotatable bonds is 5. The number of nitrogens with one attached hydrogen (secondary N) is 1. The third-order valence-electron chi connectivity index (χ3n) is 5.55. The highest BCUT2D eigenvalue weighted by molar-refractivity contribution is 7.89. The molecule has 0 aliphatic carbocycles. The lowest BCUT2D eigenvalue weighted by Crippen LogP contribution is -2.49. The molecule has 33 heavy (non-hydrogen) atoms. The Balaban J connectivity index is 1.29. The van der Waals surface area contributed by atoms with Crippen molar-refractivity contribution in [2.45, 2.75) is 4.90 Å². The summed E-state index contributed by atoms with van der Waals surface area (Å²) in [5.74, 6) is 0.621. The van der Waals surface area contributed by atoms with Crippen molar-refractivity contribution in [2.75, 3.05) is 36.4 Å². The van der Waals surface area contributed by atoms with Gasteiger partial charge in [-0.05, 0) is 54.6 Å². The summed E-state index contributed by atoms with van der Waals surface area (Å²) < 4.78 is 27.8. The SMILES string of the molecule is O=S(=O)(c1ccc(Nc2ccnc3cc(Cl)ccc23)cc1)N1CCN(c2ncccn2)CC1. The standard InChI is InChI=1S/C23H21ClN6O2S/c24-17-2-7-20-21(8-11-25-22(20)16-17)28-18-3-5-19(6-4-18)33(31,32)30-14-12-29(13-15-30)23-26-9-1-10-27-23/h1-11,16H,12-15H2,(H,25,28). The van der Waals surface area contributed by atoms with E-state index in [-0.39, 0.29) is 4.90 Å². The summed E-state index contributed by atoms with van der Waals surface area (Å²) in [7, 11) is -3.58.